The van der Waals surface area contributed by atoms with Crippen molar-refractivity contribution >= 4 is 28.9 Å². The normalized spacial score (nSPS) is 15.0. The Kier molecular flexibility index (Phi) is 8.92. The van der Waals surface area contributed by atoms with Crippen molar-refractivity contribution in [3.8, 4) is 5.82 Å². The monoisotopic (exact) mass is 594 g/mol. The molecule has 1 amide bonds. The van der Waals surface area contributed by atoms with E-state index in [4.69, 9.17) is 4.74 Å². The minimum atomic E-state index is -4.60. The minimum Gasteiger partial charge on any atom is -0.377 e. The summed E-state index contributed by atoms with van der Waals surface area (Å²) >= 11 is 0. The van der Waals surface area contributed by atoms with Gasteiger partial charge in [0.25, 0.3) is 5.91 Å². The molecule has 13 heteroatoms. The number of nitrogens with zero attached hydrogens (tertiary/aromatic N) is 4. The fourth-order valence-electron chi connectivity index (χ4n) is 4.81. The lowest BCUT2D eigenvalue weighted by molar-refractivity contribution is -0.137. The molecule has 5 rings (SSSR count). The van der Waals surface area contributed by atoms with Gasteiger partial charge in [0, 0.05) is 55.8 Å². The highest BCUT2D eigenvalue weighted by Crippen LogP contribution is 2.32. The Labute approximate surface area is 247 Å². The summed E-state index contributed by atoms with van der Waals surface area (Å²) in [5.74, 6) is 1.15. The molecule has 0 radical (unpaired) electrons. The van der Waals surface area contributed by atoms with Crippen molar-refractivity contribution < 1.29 is 22.7 Å². The number of alkyl halides is 3. The van der Waals surface area contributed by atoms with Gasteiger partial charge < -0.3 is 26.0 Å². The van der Waals surface area contributed by atoms with Gasteiger partial charge in [0.05, 0.1) is 17.4 Å². The number of nitrogens with one attached hydrogen (secondary N) is 4. The van der Waals surface area contributed by atoms with Crippen molar-refractivity contribution in [2.75, 3.05) is 36.1 Å². The minimum absolute atomic E-state index is 0.0484. The van der Waals surface area contributed by atoms with E-state index in [9.17, 15) is 18.0 Å². The number of rotatable bonds is 10. The van der Waals surface area contributed by atoms with E-state index in [1.807, 2.05) is 26.0 Å². The van der Waals surface area contributed by atoms with Crippen LogP contribution >= 0.6 is 0 Å². The lowest BCUT2D eigenvalue weighted by atomic mass is 10.0. The average molecular weight is 595 g/mol. The summed E-state index contributed by atoms with van der Waals surface area (Å²) in [4.78, 5) is 21.7. The number of anilines is 4. The Hall–Kier alpha value is -4.49. The maximum atomic E-state index is 13.7. The zero-order valence-corrected chi connectivity index (χ0v) is 24.0. The molecule has 43 heavy (non-hydrogen) atoms. The van der Waals surface area contributed by atoms with Crippen LogP contribution in [0.5, 0.6) is 0 Å². The van der Waals surface area contributed by atoms with Crippen molar-refractivity contribution in [3.05, 3.63) is 82.8 Å². The predicted octanol–water partition coefficient (Wildman–Crippen LogP) is 5.60. The molecule has 4 aromatic rings. The highest BCUT2D eigenvalue weighted by molar-refractivity contribution is 6.04. The number of hydrogen-bond donors (Lipinski definition) is 4. The van der Waals surface area contributed by atoms with Crippen LogP contribution in [-0.2, 0) is 17.5 Å². The summed E-state index contributed by atoms with van der Waals surface area (Å²) in [6.45, 7) is 5.15. The Morgan fingerprint density at radius 3 is 2.67 bits per heavy atom. The van der Waals surface area contributed by atoms with E-state index in [1.54, 1.807) is 29.9 Å². The van der Waals surface area contributed by atoms with Crippen LogP contribution in [0.25, 0.3) is 5.82 Å². The largest absolute Gasteiger partial charge is 0.416 e. The van der Waals surface area contributed by atoms with Crippen LogP contribution in [0, 0.1) is 13.8 Å². The molecular weight excluding hydrogens is 561 g/mol. The molecule has 0 bridgehead atoms. The molecule has 1 fully saturated rings. The summed E-state index contributed by atoms with van der Waals surface area (Å²) in [6.07, 6.45) is -1.23. The third-order valence-corrected chi connectivity index (χ3v) is 7.02. The van der Waals surface area contributed by atoms with Gasteiger partial charge in [-0.25, -0.2) is 9.97 Å². The molecule has 1 saturated heterocycles. The van der Waals surface area contributed by atoms with E-state index < -0.39 is 17.6 Å². The second kappa shape index (κ2) is 12.8. The van der Waals surface area contributed by atoms with Crippen LogP contribution < -0.4 is 21.3 Å². The molecule has 10 nitrogen and oxygen atoms in total. The van der Waals surface area contributed by atoms with E-state index in [2.05, 4.69) is 36.3 Å². The molecule has 0 spiro atoms. The van der Waals surface area contributed by atoms with Crippen LogP contribution in [0.1, 0.15) is 45.6 Å². The molecule has 3 heterocycles. The number of aromatic nitrogens is 4. The number of ether oxygens (including phenoxy) is 1. The van der Waals surface area contributed by atoms with Gasteiger partial charge in [-0.15, -0.1) is 0 Å². The number of amides is 1. The second-order valence-electron chi connectivity index (χ2n) is 10.4. The van der Waals surface area contributed by atoms with Gasteiger partial charge in [-0.3, -0.25) is 4.79 Å². The standard InChI is InChI=1S/C30H33F3N8O2/c1-18-6-7-23(13-25(18)39-28-9-19(2)40-41(28)27-14-26(34-3)36-17-37-27)38-29(42)21-10-20(11-22(12-21)30(31,32)33)15-35-16-24-5-4-8-43-24/h6-7,9-14,17,24,35,39H,4-5,8,15-16H2,1-3H3,(H,38,42)(H,34,36,37). The van der Waals surface area contributed by atoms with E-state index in [0.717, 1.165) is 36.2 Å². The van der Waals surface area contributed by atoms with Gasteiger partial charge in [0.1, 0.15) is 18.0 Å². The average Bonchev–Trinajstić information content (AvgIpc) is 3.63. The van der Waals surface area contributed by atoms with Crippen molar-refractivity contribution in [1.29, 1.82) is 0 Å². The second-order valence-corrected chi connectivity index (χ2v) is 10.4. The molecule has 0 saturated carbocycles. The first kappa shape index (κ1) is 30.0. The van der Waals surface area contributed by atoms with Crippen LogP contribution in [0.2, 0.25) is 0 Å². The van der Waals surface area contributed by atoms with E-state index in [-0.39, 0.29) is 18.2 Å². The predicted molar refractivity (Wildman–Crippen MR) is 158 cm³/mol. The highest BCUT2D eigenvalue weighted by Gasteiger charge is 2.32. The summed E-state index contributed by atoms with van der Waals surface area (Å²) in [5, 5.41) is 16.7. The quantitative estimate of drug-likeness (QED) is 0.187. The SMILES string of the molecule is CNc1cc(-n2nc(C)cc2Nc2cc(NC(=O)c3cc(CNCC4CCCO4)cc(C(F)(F)F)c3)ccc2C)ncn1. The van der Waals surface area contributed by atoms with Crippen molar-refractivity contribution in [1.82, 2.24) is 25.1 Å². The van der Waals surface area contributed by atoms with Gasteiger partial charge in [0.15, 0.2) is 5.82 Å². The number of aryl methyl sites for hydroxylation is 2. The molecule has 1 atom stereocenters. The fourth-order valence-corrected chi connectivity index (χ4v) is 4.81. The van der Waals surface area contributed by atoms with E-state index >= 15 is 0 Å². The maximum Gasteiger partial charge on any atom is 0.416 e. The summed E-state index contributed by atoms with van der Waals surface area (Å²) in [5.41, 5.74) is 2.10. The zero-order valence-electron chi connectivity index (χ0n) is 24.0. The van der Waals surface area contributed by atoms with Gasteiger partial charge in [0.2, 0.25) is 0 Å². The molecule has 1 unspecified atom stereocenters. The van der Waals surface area contributed by atoms with Crippen molar-refractivity contribution in [3.63, 3.8) is 0 Å². The summed E-state index contributed by atoms with van der Waals surface area (Å²) < 4.78 is 48.3. The molecule has 0 aliphatic carbocycles. The highest BCUT2D eigenvalue weighted by atomic mass is 19.4. The van der Waals surface area contributed by atoms with Gasteiger partial charge in [-0.1, -0.05) is 6.07 Å². The Morgan fingerprint density at radius 2 is 1.93 bits per heavy atom. The van der Waals surface area contributed by atoms with Crippen molar-refractivity contribution in [2.24, 2.45) is 0 Å². The van der Waals surface area contributed by atoms with Crippen LogP contribution in [0.3, 0.4) is 0 Å². The number of carbonyl (C=O) groups excluding carboxylic acids is 1. The summed E-state index contributed by atoms with van der Waals surface area (Å²) in [6, 6.07) is 12.2. The van der Waals surface area contributed by atoms with Crippen LogP contribution in [0.4, 0.5) is 36.2 Å². The molecule has 2 aromatic heterocycles. The molecule has 226 valence electrons. The smallest absolute Gasteiger partial charge is 0.377 e. The van der Waals surface area contributed by atoms with E-state index in [1.165, 1.54) is 12.4 Å². The molecule has 1 aliphatic heterocycles. The third-order valence-electron chi connectivity index (χ3n) is 7.02. The maximum absolute atomic E-state index is 13.7. The molecule has 1 aliphatic rings. The first-order chi connectivity index (χ1) is 20.6. The Balaban J connectivity index is 1.35. The zero-order chi connectivity index (χ0) is 30.6. The third kappa shape index (κ3) is 7.48. The molecule has 2 aromatic carbocycles. The topological polar surface area (TPSA) is 118 Å². The van der Waals surface area contributed by atoms with E-state index in [0.29, 0.717) is 47.5 Å². The van der Waals surface area contributed by atoms with Gasteiger partial charge >= 0.3 is 6.18 Å². The lowest BCUT2D eigenvalue weighted by Crippen LogP contribution is -2.26. The first-order valence-corrected chi connectivity index (χ1v) is 13.9. The summed E-state index contributed by atoms with van der Waals surface area (Å²) in [7, 11) is 1.76. The van der Waals surface area contributed by atoms with Gasteiger partial charge in [-0.05, 0) is 68.1 Å². The van der Waals surface area contributed by atoms with Gasteiger partial charge in [-0.2, -0.15) is 23.0 Å². The van der Waals surface area contributed by atoms with Crippen LogP contribution in [-0.4, -0.2) is 52.0 Å². The molecule has 4 N–H and O–H groups in total. The number of benzene rings is 2. The van der Waals surface area contributed by atoms with Crippen molar-refractivity contribution in [2.45, 2.75) is 45.5 Å². The number of halogens is 3. The number of hydrogen-bond acceptors (Lipinski definition) is 8. The number of carbonyl (C=O) groups is 1. The van der Waals surface area contributed by atoms with Crippen LogP contribution in [0.15, 0.2) is 54.9 Å². The Morgan fingerprint density at radius 1 is 1.09 bits per heavy atom. The lowest BCUT2D eigenvalue weighted by Gasteiger charge is -2.15. The fraction of sp³-hybridized carbons (Fsp3) is 0.333. The first-order valence-electron chi connectivity index (χ1n) is 13.9. The Bertz CT molecular complexity index is 1600. The molecular formula is C30H33F3N8O2.